The van der Waals surface area contributed by atoms with Gasteiger partial charge in [-0.15, -0.1) is 0 Å². The molecular formula is C16H12N4. The van der Waals surface area contributed by atoms with Gasteiger partial charge in [0.2, 0.25) is 0 Å². The molecule has 0 spiro atoms. The van der Waals surface area contributed by atoms with Gasteiger partial charge in [0.25, 0.3) is 0 Å². The number of aromatic amines is 2. The molecule has 4 rings (SSSR count). The second-order valence-corrected chi connectivity index (χ2v) is 4.64. The van der Waals surface area contributed by atoms with Gasteiger partial charge in [0, 0.05) is 16.5 Å². The summed E-state index contributed by atoms with van der Waals surface area (Å²) >= 11 is 0. The lowest BCUT2D eigenvalue weighted by atomic mass is 10.2. The standard InChI is InChI=1S/C16H12N4/c1-2-6-11(7-3-1)15-18-16(20-19-15)14-10-12-8-4-5-9-13(12)17-14/h1-10,17H,(H,18,19,20). The lowest BCUT2D eigenvalue weighted by molar-refractivity contribution is 1.09. The minimum atomic E-state index is 0.708. The largest absolute Gasteiger partial charge is 0.352 e. The van der Waals surface area contributed by atoms with Gasteiger partial charge in [-0.25, -0.2) is 4.98 Å². The summed E-state index contributed by atoms with van der Waals surface area (Å²) in [5.41, 5.74) is 3.05. The fourth-order valence-corrected chi connectivity index (χ4v) is 2.30. The van der Waals surface area contributed by atoms with Gasteiger partial charge in [0.1, 0.15) is 0 Å². The summed E-state index contributed by atoms with van der Waals surface area (Å²) in [6.45, 7) is 0. The highest BCUT2D eigenvalue weighted by Crippen LogP contribution is 2.23. The van der Waals surface area contributed by atoms with Crippen LogP contribution in [-0.4, -0.2) is 20.2 Å². The van der Waals surface area contributed by atoms with Gasteiger partial charge in [-0.1, -0.05) is 48.5 Å². The van der Waals surface area contributed by atoms with E-state index in [1.165, 1.54) is 5.39 Å². The van der Waals surface area contributed by atoms with Crippen LogP contribution in [0.4, 0.5) is 0 Å². The first-order valence-electron chi connectivity index (χ1n) is 6.46. The van der Waals surface area contributed by atoms with Crippen LogP contribution in [0, 0.1) is 0 Å². The Kier molecular flexibility index (Phi) is 2.39. The van der Waals surface area contributed by atoms with Gasteiger partial charge in [0.15, 0.2) is 11.6 Å². The van der Waals surface area contributed by atoms with Crippen molar-refractivity contribution in [2.75, 3.05) is 0 Å². The molecule has 4 nitrogen and oxygen atoms in total. The first kappa shape index (κ1) is 11.0. The lowest BCUT2D eigenvalue weighted by Gasteiger charge is -1.91. The fourth-order valence-electron chi connectivity index (χ4n) is 2.30. The SMILES string of the molecule is c1ccc(-c2n[nH]c(-c3cc4ccccc4[nH]3)n2)cc1. The van der Waals surface area contributed by atoms with Gasteiger partial charge in [-0.3, -0.25) is 5.10 Å². The van der Waals surface area contributed by atoms with Crippen LogP contribution in [0.3, 0.4) is 0 Å². The molecule has 0 saturated carbocycles. The maximum Gasteiger partial charge on any atom is 0.181 e. The molecule has 96 valence electrons. The molecule has 4 heteroatoms. The third-order valence-corrected chi connectivity index (χ3v) is 3.30. The number of hydrogen-bond donors (Lipinski definition) is 2. The van der Waals surface area contributed by atoms with Crippen LogP contribution in [-0.2, 0) is 0 Å². The summed E-state index contributed by atoms with van der Waals surface area (Å²) in [4.78, 5) is 7.89. The smallest absolute Gasteiger partial charge is 0.181 e. The van der Waals surface area contributed by atoms with Crippen molar-refractivity contribution < 1.29 is 0 Å². The van der Waals surface area contributed by atoms with E-state index in [4.69, 9.17) is 0 Å². The molecule has 0 amide bonds. The van der Waals surface area contributed by atoms with Crippen LogP contribution >= 0.6 is 0 Å². The van der Waals surface area contributed by atoms with Crippen molar-refractivity contribution in [3.63, 3.8) is 0 Å². The first-order valence-corrected chi connectivity index (χ1v) is 6.46. The predicted molar refractivity (Wildman–Crippen MR) is 79.1 cm³/mol. The molecule has 2 aromatic heterocycles. The Hall–Kier alpha value is -2.88. The second kappa shape index (κ2) is 4.35. The van der Waals surface area contributed by atoms with E-state index >= 15 is 0 Å². The zero-order chi connectivity index (χ0) is 13.4. The van der Waals surface area contributed by atoms with Crippen molar-refractivity contribution in [2.24, 2.45) is 0 Å². The maximum absolute atomic E-state index is 4.55. The molecule has 2 N–H and O–H groups in total. The van der Waals surface area contributed by atoms with Gasteiger partial charge >= 0.3 is 0 Å². The number of rotatable bonds is 2. The normalized spacial score (nSPS) is 11.0. The van der Waals surface area contributed by atoms with E-state index < -0.39 is 0 Å². The van der Waals surface area contributed by atoms with E-state index in [0.29, 0.717) is 5.82 Å². The quantitative estimate of drug-likeness (QED) is 0.578. The van der Waals surface area contributed by atoms with E-state index in [0.717, 1.165) is 22.6 Å². The molecule has 4 aromatic rings. The van der Waals surface area contributed by atoms with Gasteiger partial charge in [-0.05, 0) is 12.1 Å². The van der Waals surface area contributed by atoms with E-state index in [1.54, 1.807) is 0 Å². The van der Waals surface area contributed by atoms with E-state index in [9.17, 15) is 0 Å². The highest BCUT2D eigenvalue weighted by molar-refractivity contribution is 5.84. The summed E-state index contributed by atoms with van der Waals surface area (Å²) in [5.74, 6) is 1.46. The summed E-state index contributed by atoms with van der Waals surface area (Å²) in [6, 6.07) is 20.2. The van der Waals surface area contributed by atoms with Gasteiger partial charge in [0.05, 0.1) is 5.69 Å². The molecular weight excluding hydrogens is 248 g/mol. The summed E-state index contributed by atoms with van der Waals surface area (Å²) in [5, 5.41) is 8.43. The number of benzene rings is 2. The Morgan fingerprint density at radius 1 is 0.850 bits per heavy atom. The molecule has 0 radical (unpaired) electrons. The molecule has 20 heavy (non-hydrogen) atoms. The van der Waals surface area contributed by atoms with Crippen molar-refractivity contribution in [1.82, 2.24) is 20.2 Å². The van der Waals surface area contributed by atoms with E-state index in [2.05, 4.69) is 32.3 Å². The highest BCUT2D eigenvalue weighted by Gasteiger charge is 2.09. The van der Waals surface area contributed by atoms with Crippen molar-refractivity contribution in [3.05, 3.63) is 60.7 Å². The summed E-state index contributed by atoms with van der Waals surface area (Å²) < 4.78 is 0. The zero-order valence-electron chi connectivity index (χ0n) is 10.7. The van der Waals surface area contributed by atoms with Crippen LogP contribution in [0.25, 0.3) is 33.8 Å². The summed E-state index contributed by atoms with van der Waals surface area (Å²) in [7, 11) is 0. The van der Waals surface area contributed by atoms with Crippen LogP contribution < -0.4 is 0 Å². The second-order valence-electron chi connectivity index (χ2n) is 4.64. The summed E-state index contributed by atoms with van der Waals surface area (Å²) in [6.07, 6.45) is 0. The first-order chi connectivity index (χ1) is 9.90. The lowest BCUT2D eigenvalue weighted by Crippen LogP contribution is -1.80. The molecule has 0 bridgehead atoms. The Bertz CT molecular complexity index is 825. The molecule has 0 aliphatic rings. The van der Waals surface area contributed by atoms with Crippen molar-refractivity contribution in [2.45, 2.75) is 0 Å². The van der Waals surface area contributed by atoms with Crippen molar-refractivity contribution in [1.29, 1.82) is 0 Å². The zero-order valence-corrected chi connectivity index (χ0v) is 10.7. The molecule has 0 aliphatic carbocycles. The molecule has 0 atom stereocenters. The molecule has 2 aromatic carbocycles. The number of aromatic nitrogens is 4. The predicted octanol–water partition coefficient (Wildman–Crippen LogP) is 3.62. The average molecular weight is 260 g/mol. The monoisotopic (exact) mass is 260 g/mol. The third-order valence-electron chi connectivity index (χ3n) is 3.30. The minimum absolute atomic E-state index is 0.708. The number of para-hydroxylation sites is 1. The van der Waals surface area contributed by atoms with Crippen molar-refractivity contribution in [3.8, 4) is 22.9 Å². The molecule has 0 fully saturated rings. The van der Waals surface area contributed by atoms with Crippen molar-refractivity contribution >= 4 is 10.9 Å². The maximum atomic E-state index is 4.55. The van der Waals surface area contributed by atoms with Crippen LogP contribution in [0.2, 0.25) is 0 Å². The molecule has 2 heterocycles. The molecule has 0 saturated heterocycles. The average Bonchev–Trinajstić information content (AvgIpc) is 3.14. The topological polar surface area (TPSA) is 57.4 Å². The Morgan fingerprint density at radius 2 is 1.65 bits per heavy atom. The van der Waals surface area contributed by atoms with Gasteiger partial charge < -0.3 is 4.98 Å². The number of hydrogen-bond acceptors (Lipinski definition) is 2. The molecule has 0 aliphatic heterocycles. The molecule has 0 unspecified atom stereocenters. The highest BCUT2D eigenvalue weighted by atomic mass is 15.2. The Labute approximate surface area is 115 Å². The fraction of sp³-hybridized carbons (Fsp3) is 0. The Morgan fingerprint density at radius 3 is 2.50 bits per heavy atom. The minimum Gasteiger partial charge on any atom is -0.352 e. The number of H-pyrrole nitrogens is 2. The third kappa shape index (κ3) is 1.78. The van der Waals surface area contributed by atoms with E-state index in [-0.39, 0.29) is 0 Å². The van der Waals surface area contributed by atoms with Crippen LogP contribution in [0.5, 0.6) is 0 Å². The number of fused-ring (bicyclic) bond motifs is 1. The van der Waals surface area contributed by atoms with E-state index in [1.807, 2.05) is 48.5 Å². The number of nitrogens with zero attached hydrogens (tertiary/aromatic N) is 2. The Balaban J connectivity index is 1.78. The van der Waals surface area contributed by atoms with Crippen LogP contribution in [0.1, 0.15) is 0 Å². The van der Waals surface area contributed by atoms with Gasteiger partial charge in [-0.2, -0.15) is 5.10 Å². The number of nitrogens with one attached hydrogen (secondary N) is 2. The van der Waals surface area contributed by atoms with Crippen LogP contribution in [0.15, 0.2) is 60.7 Å².